The fraction of sp³-hybridized carbons (Fsp3) is 0.286. The zero-order valence-electron chi connectivity index (χ0n) is 10.8. The monoisotopic (exact) mass is 277 g/mol. The van der Waals surface area contributed by atoms with Gasteiger partial charge in [0.1, 0.15) is 0 Å². The molecule has 0 aliphatic carbocycles. The molecule has 100 valence electrons. The standard InChI is InChI=1S/C14H16ClN3O/c1-18-10-12(9-17-18)6-7-16-14(19)13-4-2-11(8-15)3-5-13/h2-5,9-10H,6-8H2,1H3,(H,16,19). The summed E-state index contributed by atoms with van der Waals surface area (Å²) in [5.41, 5.74) is 2.77. The van der Waals surface area contributed by atoms with Crippen molar-refractivity contribution in [3.63, 3.8) is 0 Å². The van der Waals surface area contributed by atoms with Crippen LogP contribution in [0.2, 0.25) is 0 Å². The van der Waals surface area contributed by atoms with E-state index in [9.17, 15) is 4.79 Å². The number of benzene rings is 1. The molecule has 0 radical (unpaired) electrons. The third-order valence-corrected chi connectivity index (χ3v) is 3.14. The first-order valence-corrected chi connectivity index (χ1v) is 6.63. The molecule has 0 saturated carbocycles. The molecular weight excluding hydrogens is 262 g/mol. The fourth-order valence-corrected chi connectivity index (χ4v) is 1.95. The lowest BCUT2D eigenvalue weighted by atomic mass is 10.1. The average molecular weight is 278 g/mol. The molecule has 0 saturated heterocycles. The molecule has 2 aromatic rings. The van der Waals surface area contributed by atoms with E-state index in [-0.39, 0.29) is 5.91 Å². The summed E-state index contributed by atoms with van der Waals surface area (Å²) in [6.45, 7) is 0.599. The van der Waals surface area contributed by atoms with Gasteiger partial charge in [-0.05, 0) is 29.7 Å². The summed E-state index contributed by atoms with van der Waals surface area (Å²) in [6, 6.07) is 7.31. The second-order valence-electron chi connectivity index (χ2n) is 4.36. The van der Waals surface area contributed by atoms with Crippen molar-refractivity contribution in [3.05, 3.63) is 53.3 Å². The maximum Gasteiger partial charge on any atom is 0.251 e. The van der Waals surface area contributed by atoms with E-state index in [0.29, 0.717) is 18.0 Å². The summed E-state index contributed by atoms with van der Waals surface area (Å²) in [7, 11) is 1.88. The number of alkyl halides is 1. The highest BCUT2D eigenvalue weighted by atomic mass is 35.5. The predicted octanol–water partition coefficient (Wildman–Crippen LogP) is 2.13. The van der Waals surface area contributed by atoms with Crippen molar-refractivity contribution in [2.45, 2.75) is 12.3 Å². The number of carbonyl (C=O) groups excluding carboxylic acids is 1. The van der Waals surface area contributed by atoms with Crippen molar-refractivity contribution in [2.75, 3.05) is 6.54 Å². The topological polar surface area (TPSA) is 46.9 Å². The Labute approximate surface area is 117 Å². The second kappa shape index (κ2) is 6.38. The normalized spacial score (nSPS) is 10.4. The molecule has 0 spiro atoms. The van der Waals surface area contributed by atoms with E-state index >= 15 is 0 Å². The van der Waals surface area contributed by atoms with Crippen LogP contribution in [0.4, 0.5) is 0 Å². The Morgan fingerprint density at radius 2 is 2.05 bits per heavy atom. The van der Waals surface area contributed by atoms with E-state index in [2.05, 4.69) is 10.4 Å². The van der Waals surface area contributed by atoms with Gasteiger partial charge in [0.05, 0.1) is 6.20 Å². The molecule has 4 nitrogen and oxygen atoms in total. The van der Waals surface area contributed by atoms with Crippen molar-refractivity contribution in [3.8, 4) is 0 Å². The minimum Gasteiger partial charge on any atom is -0.352 e. The molecule has 19 heavy (non-hydrogen) atoms. The predicted molar refractivity (Wildman–Crippen MR) is 75.2 cm³/mol. The number of halogens is 1. The zero-order valence-corrected chi connectivity index (χ0v) is 11.5. The van der Waals surface area contributed by atoms with Gasteiger partial charge in [0.2, 0.25) is 0 Å². The first kappa shape index (κ1) is 13.6. The van der Waals surface area contributed by atoms with E-state index in [4.69, 9.17) is 11.6 Å². The number of amides is 1. The third kappa shape index (κ3) is 3.83. The van der Waals surface area contributed by atoms with Crippen LogP contribution in [0.1, 0.15) is 21.5 Å². The molecule has 5 heteroatoms. The quantitative estimate of drug-likeness (QED) is 0.851. The van der Waals surface area contributed by atoms with E-state index in [1.165, 1.54) is 0 Å². The average Bonchev–Trinajstić information content (AvgIpc) is 2.84. The Morgan fingerprint density at radius 3 is 2.63 bits per heavy atom. The Kier molecular flexibility index (Phi) is 4.58. The number of nitrogens with zero attached hydrogens (tertiary/aromatic N) is 2. The van der Waals surface area contributed by atoms with Gasteiger partial charge < -0.3 is 5.32 Å². The van der Waals surface area contributed by atoms with Crippen molar-refractivity contribution in [1.82, 2.24) is 15.1 Å². The van der Waals surface area contributed by atoms with Crippen LogP contribution in [0.15, 0.2) is 36.7 Å². The number of aromatic nitrogens is 2. The summed E-state index contributed by atoms with van der Waals surface area (Å²) in [5.74, 6) is 0.396. The van der Waals surface area contributed by atoms with Gasteiger partial charge >= 0.3 is 0 Å². The molecule has 0 atom stereocenters. The number of hydrogen-bond donors (Lipinski definition) is 1. The van der Waals surface area contributed by atoms with Crippen LogP contribution in [0.25, 0.3) is 0 Å². The fourth-order valence-electron chi connectivity index (χ4n) is 1.77. The van der Waals surface area contributed by atoms with E-state index < -0.39 is 0 Å². The highest BCUT2D eigenvalue weighted by molar-refractivity contribution is 6.17. The van der Waals surface area contributed by atoms with Crippen molar-refractivity contribution < 1.29 is 4.79 Å². The molecular formula is C14H16ClN3O. The van der Waals surface area contributed by atoms with Gasteiger partial charge in [-0.25, -0.2) is 0 Å². The van der Waals surface area contributed by atoms with E-state index in [1.807, 2.05) is 25.4 Å². The maximum atomic E-state index is 11.9. The van der Waals surface area contributed by atoms with Crippen LogP contribution in [-0.4, -0.2) is 22.2 Å². The van der Waals surface area contributed by atoms with Gasteiger partial charge in [0, 0.05) is 31.2 Å². The number of hydrogen-bond acceptors (Lipinski definition) is 2. The SMILES string of the molecule is Cn1cc(CCNC(=O)c2ccc(CCl)cc2)cn1. The summed E-state index contributed by atoms with van der Waals surface area (Å²) in [5, 5.41) is 6.97. The second-order valence-corrected chi connectivity index (χ2v) is 4.63. The van der Waals surface area contributed by atoms with Crippen LogP contribution >= 0.6 is 11.6 Å². The van der Waals surface area contributed by atoms with Gasteiger partial charge in [-0.3, -0.25) is 9.48 Å². The van der Waals surface area contributed by atoms with E-state index in [1.54, 1.807) is 23.0 Å². The Balaban J connectivity index is 1.83. The van der Waals surface area contributed by atoms with Gasteiger partial charge in [-0.2, -0.15) is 5.10 Å². The number of nitrogens with one attached hydrogen (secondary N) is 1. The van der Waals surface area contributed by atoms with Crippen LogP contribution in [0.5, 0.6) is 0 Å². The van der Waals surface area contributed by atoms with Crippen molar-refractivity contribution >= 4 is 17.5 Å². The minimum absolute atomic E-state index is 0.0648. The molecule has 1 amide bonds. The molecule has 1 aromatic heterocycles. The summed E-state index contributed by atoms with van der Waals surface area (Å²) in [4.78, 5) is 11.9. The van der Waals surface area contributed by atoms with Gasteiger partial charge in [0.15, 0.2) is 0 Å². The Hall–Kier alpha value is -1.81. The van der Waals surface area contributed by atoms with Crippen molar-refractivity contribution in [2.24, 2.45) is 7.05 Å². The lowest BCUT2D eigenvalue weighted by Gasteiger charge is -2.04. The number of aryl methyl sites for hydroxylation is 1. The highest BCUT2D eigenvalue weighted by Gasteiger charge is 2.05. The molecule has 1 N–H and O–H groups in total. The van der Waals surface area contributed by atoms with Crippen LogP contribution in [0, 0.1) is 0 Å². The largest absolute Gasteiger partial charge is 0.352 e. The number of carbonyl (C=O) groups is 1. The lowest BCUT2D eigenvalue weighted by Crippen LogP contribution is -2.25. The minimum atomic E-state index is -0.0648. The van der Waals surface area contributed by atoms with Crippen molar-refractivity contribution in [1.29, 1.82) is 0 Å². The van der Waals surface area contributed by atoms with Gasteiger partial charge in [0.25, 0.3) is 5.91 Å². The number of rotatable bonds is 5. The lowest BCUT2D eigenvalue weighted by molar-refractivity contribution is 0.0954. The first-order chi connectivity index (χ1) is 9.19. The molecule has 0 aliphatic heterocycles. The molecule has 0 fully saturated rings. The molecule has 0 unspecified atom stereocenters. The molecule has 0 bridgehead atoms. The van der Waals surface area contributed by atoms with Gasteiger partial charge in [-0.1, -0.05) is 12.1 Å². The zero-order chi connectivity index (χ0) is 13.7. The first-order valence-electron chi connectivity index (χ1n) is 6.09. The maximum absolute atomic E-state index is 11.9. The smallest absolute Gasteiger partial charge is 0.251 e. The summed E-state index contributed by atoms with van der Waals surface area (Å²) >= 11 is 5.70. The van der Waals surface area contributed by atoms with Crippen LogP contribution in [0.3, 0.4) is 0 Å². The molecule has 1 heterocycles. The molecule has 0 aliphatic rings. The van der Waals surface area contributed by atoms with Crippen LogP contribution < -0.4 is 5.32 Å². The highest BCUT2D eigenvalue weighted by Crippen LogP contribution is 2.06. The Morgan fingerprint density at radius 1 is 1.32 bits per heavy atom. The van der Waals surface area contributed by atoms with Crippen LogP contribution in [-0.2, 0) is 19.3 Å². The summed E-state index contributed by atoms with van der Waals surface area (Å²) in [6.07, 6.45) is 4.53. The molecule has 2 rings (SSSR count). The van der Waals surface area contributed by atoms with Gasteiger partial charge in [-0.15, -0.1) is 11.6 Å². The Bertz CT molecular complexity index is 548. The molecule has 1 aromatic carbocycles. The van der Waals surface area contributed by atoms with E-state index in [0.717, 1.165) is 17.5 Å². The third-order valence-electron chi connectivity index (χ3n) is 2.83. The summed E-state index contributed by atoms with van der Waals surface area (Å²) < 4.78 is 1.75.